The maximum Gasteiger partial charge on any atom is 0.265 e. The van der Waals surface area contributed by atoms with E-state index in [4.69, 9.17) is 0 Å². The summed E-state index contributed by atoms with van der Waals surface area (Å²) in [6, 6.07) is 13.9. The first-order valence-electron chi connectivity index (χ1n) is 9.22. The summed E-state index contributed by atoms with van der Waals surface area (Å²) >= 11 is 0. The minimum Gasteiger partial charge on any atom is -0.369 e. The second-order valence-corrected chi connectivity index (χ2v) is 6.83. The van der Waals surface area contributed by atoms with E-state index in [9.17, 15) is 4.79 Å². The average molecular weight is 348 g/mol. The molecule has 0 bridgehead atoms. The Hall–Kier alpha value is -2.66. The molecule has 1 aliphatic rings. The highest BCUT2D eigenvalue weighted by atomic mass is 16.1. The smallest absolute Gasteiger partial charge is 0.265 e. The van der Waals surface area contributed by atoms with E-state index in [-0.39, 0.29) is 5.56 Å². The van der Waals surface area contributed by atoms with Crippen LogP contribution in [0, 0.1) is 6.92 Å². The molecule has 0 N–H and O–H groups in total. The molecule has 134 valence electrons. The summed E-state index contributed by atoms with van der Waals surface area (Å²) < 4.78 is 1.65. The molecule has 4 rings (SSSR count). The molecule has 0 spiro atoms. The Kier molecular flexibility index (Phi) is 4.47. The van der Waals surface area contributed by atoms with Crippen LogP contribution < -0.4 is 10.5 Å². The molecule has 0 aliphatic carbocycles. The van der Waals surface area contributed by atoms with Gasteiger partial charge in [-0.2, -0.15) is 0 Å². The fraction of sp³-hybridized carbons (Fsp3) is 0.333. The van der Waals surface area contributed by atoms with Crippen molar-refractivity contribution in [1.29, 1.82) is 0 Å². The third-order valence-electron chi connectivity index (χ3n) is 5.30. The van der Waals surface area contributed by atoms with Crippen molar-refractivity contribution in [3.8, 4) is 5.69 Å². The molecule has 0 atom stereocenters. The highest BCUT2D eigenvalue weighted by Crippen LogP contribution is 2.21. The van der Waals surface area contributed by atoms with Gasteiger partial charge in [0.2, 0.25) is 0 Å². The predicted molar refractivity (Wildman–Crippen MR) is 106 cm³/mol. The van der Waals surface area contributed by atoms with Crippen LogP contribution >= 0.6 is 0 Å². The van der Waals surface area contributed by atoms with Crippen molar-refractivity contribution in [2.24, 2.45) is 0 Å². The van der Waals surface area contributed by atoms with Gasteiger partial charge in [-0.15, -0.1) is 0 Å². The van der Waals surface area contributed by atoms with Crippen molar-refractivity contribution in [3.05, 3.63) is 64.7 Å². The molecule has 1 aromatic heterocycles. The molecular weight excluding hydrogens is 324 g/mol. The van der Waals surface area contributed by atoms with Crippen molar-refractivity contribution < 1.29 is 0 Å². The Labute approximate surface area is 153 Å². The number of likely N-dealkylation sites (N-methyl/N-ethyl adjacent to an activating group) is 1. The Balaban J connectivity index is 1.75. The quantitative estimate of drug-likeness (QED) is 0.730. The van der Waals surface area contributed by atoms with Crippen LogP contribution in [-0.2, 0) is 0 Å². The third-order valence-corrected chi connectivity index (χ3v) is 5.30. The SMILES string of the molecule is CCN1CCN(c2ccc3ncn(-c4ccccc4C)c(=O)c3c2)CC1. The molecule has 1 aliphatic heterocycles. The van der Waals surface area contributed by atoms with E-state index in [1.165, 1.54) is 0 Å². The van der Waals surface area contributed by atoms with Gasteiger partial charge < -0.3 is 9.80 Å². The van der Waals surface area contributed by atoms with Gasteiger partial charge in [-0.3, -0.25) is 9.36 Å². The maximum absolute atomic E-state index is 13.1. The van der Waals surface area contributed by atoms with Crippen molar-refractivity contribution in [1.82, 2.24) is 14.5 Å². The molecule has 1 fully saturated rings. The maximum atomic E-state index is 13.1. The summed E-state index contributed by atoms with van der Waals surface area (Å²) in [5, 5.41) is 0.672. The molecule has 2 aromatic carbocycles. The number of aryl methyl sites for hydroxylation is 1. The van der Waals surface area contributed by atoms with Crippen LogP contribution in [0.5, 0.6) is 0 Å². The van der Waals surface area contributed by atoms with Gasteiger partial charge in [0.15, 0.2) is 0 Å². The third kappa shape index (κ3) is 2.99. The summed E-state index contributed by atoms with van der Waals surface area (Å²) in [6.07, 6.45) is 1.63. The lowest BCUT2D eigenvalue weighted by Crippen LogP contribution is -2.46. The molecule has 1 saturated heterocycles. The molecule has 0 saturated carbocycles. The number of piperazine rings is 1. The Morgan fingerprint density at radius 1 is 1.04 bits per heavy atom. The monoisotopic (exact) mass is 348 g/mol. The van der Waals surface area contributed by atoms with E-state index in [1.807, 2.05) is 43.3 Å². The number of nitrogens with zero attached hydrogens (tertiary/aromatic N) is 4. The normalized spacial score (nSPS) is 15.5. The first kappa shape index (κ1) is 16.8. The first-order valence-corrected chi connectivity index (χ1v) is 9.22. The minimum absolute atomic E-state index is 0.0154. The molecule has 3 aromatic rings. The summed E-state index contributed by atoms with van der Waals surface area (Å²) in [5.74, 6) is 0. The van der Waals surface area contributed by atoms with Gasteiger partial charge >= 0.3 is 0 Å². The van der Waals surface area contributed by atoms with Crippen LogP contribution in [0.2, 0.25) is 0 Å². The summed E-state index contributed by atoms with van der Waals surface area (Å²) in [5.41, 5.74) is 3.78. The van der Waals surface area contributed by atoms with Crippen LogP contribution in [-0.4, -0.2) is 47.2 Å². The summed E-state index contributed by atoms with van der Waals surface area (Å²) in [7, 11) is 0. The van der Waals surface area contributed by atoms with Crippen molar-refractivity contribution in [2.45, 2.75) is 13.8 Å². The second kappa shape index (κ2) is 6.92. The molecular formula is C21H24N4O. The zero-order chi connectivity index (χ0) is 18.1. The summed E-state index contributed by atoms with van der Waals surface area (Å²) in [4.78, 5) is 22.4. The number of rotatable bonds is 3. The molecule has 5 heteroatoms. The molecule has 26 heavy (non-hydrogen) atoms. The van der Waals surface area contributed by atoms with E-state index in [2.05, 4.69) is 27.8 Å². The zero-order valence-corrected chi connectivity index (χ0v) is 15.4. The van der Waals surface area contributed by atoms with E-state index in [1.54, 1.807) is 10.9 Å². The van der Waals surface area contributed by atoms with Crippen molar-refractivity contribution in [2.75, 3.05) is 37.6 Å². The lowest BCUT2D eigenvalue weighted by molar-refractivity contribution is 0.271. The number of hydrogen-bond donors (Lipinski definition) is 0. The molecule has 0 unspecified atom stereocenters. The van der Waals surface area contributed by atoms with Gasteiger partial charge in [-0.05, 0) is 43.3 Å². The van der Waals surface area contributed by atoms with E-state index < -0.39 is 0 Å². The number of benzene rings is 2. The van der Waals surface area contributed by atoms with Gasteiger partial charge in [0.05, 0.1) is 16.6 Å². The number of aromatic nitrogens is 2. The molecule has 0 radical (unpaired) electrons. The Morgan fingerprint density at radius 3 is 2.54 bits per heavy atom. The van der Waals surface area contributed by atoms with Gasteiger partial charge in [0.1, 0.15) is 6.33 Å². The van der Waals surface area contributed by atoms with Gasteiger partial charge in [0.25, 0.3) is 5.56 Å². The number of hydrogen-bond acceptors (Lipinski definition) is 4. The second-order valence-electron chi connectivity index (χ2n) is 6.83. The predicted octanol–water partition coefficient (Wildman–Crippen LogP) is 2.84. The van der Waals surface area contributed by atoms with Crippen molar-refractivity contribution in [3.63, 3.8) is 0 Å². The van der Waals surface area contributed by atoms with Crippen LogP contribution in [0.3, 0.4) is 0 Å². The van der Waals surface area contributed by atoms with Gasteiger partial charge in [0, 0.05) is 31.9 Å². The van der Waals surface area contributed by atoms with Crippen LogP contribution in [0.25, 0.3) is 16.6 Å². The Bertz CT molecular complexity index is 987. The topological polar surface area (TPSA) is 41.4 Å². The zero-order valence-electron chi connectivity index (χ0n) is 15.4. The summed E-state index contributed by atoms with van der Waals surface area (Å²) in [6.45, 7) is 9.42. The molecule has 0 amide bonds. The fourth-order valence-electron chi connectivity index (χ4n) is 3.63. The lowest BCUT2D eigenvalue weighted by atomic mass is 10.1. The Morgan fingerprint density at radius 2 is 1.81 bits per heavy atom. The van der Waals surface area contributed by atoms with Crippen LogP contribution in [0.1, 0.15) is 12.5 Å². The number of anilines is 1. The van der Waals surface area contributed by atoms with Crippen molar-refractivity contribution >= 4 is 16.6 Å². The number of fused-ring (bicyclic) bond motifs is 1. The van der Waals surface area contributed by atoms with E-state index >= 15 is 0 Å². The van der Waals surface area contributed by atoms with Gasteiger partial charge in [-0.25, -0.2) is 4.98 Å². The van der Waals surface area contributed by atoms with E-state index in [0.717, 1.165) is 55.2 Å². The molecule has 5 nitrogen and oxygen atoms in total. The van der Waals surface area contributed by atoms with Crippen LogP contribution in [0.4, 0.5) is 5.69 Å². The highest BCUT2D eigenvalue weighted by Gasteiger charge is 2.17. The lowest BCUT2D eigenvalue weighted by Gasteiger charge is -2.35. The van der Waals surface area contributed by atoms with E-state index in [0.29, 0.717) is 5.39 Å². The molecule has 2 heterocycles. The standard InChI is InChI=1S/C21H24N4O/c1-3-23-10-12-24(13-11-23)17-8-9-19-18(14-17)21(26)25(15-22-19)20-7-5-4-6-16(20)2/h4-9,14-15H,3,10-13H2,1-2H3. The van der Waals surface area contributed by atoms with Gasteiger partial charge in [-0.1, -0.05) is 25.1 Å². The number of para-hydroxylation sites is 1. The fourth-order valence-corrected chi connectivity index (χ4v) is 3.63. The van der Waals surface area contributed by atoms with Crippen LogP contribution in [0.15, 0.2) is 53.6 Å². The first-order chi connectivity index (χ1) is 12.7. The minimum atomic E-state index is -0.0154. The highest BCUT2D eigenvalue weighted by molar-refractivity contribution is 5.82. The average Bonchev–Trinajstić information content (AvgIpc) is 2.69. The largest absolute Gasteiger partial charge is 0.369 e.